The van der Waals surface area contributed by atoms with Gasteiger partial charge >= 0.3 is 0 Å². The van der Waals surface area contributed by atoms with Gasteiger partial charge in [-0.05, 0) is 198 Å². The lowest BCUT2D eigenvalue weighted by molar-refractivity contribution is 1.30. The molecular formula is C112H76N2. The molecule has 0 N–H and O–H groups in total. The number of benzene rings is 20. The quantitative estimate of drug-likeness (QED) is 0.0839. The Hall–Kier alpha value is -15.0. The molecule has 0 unspecified atom stereocenters. The summed E-state index contributed by atoms with van der Waals surface area (Å²) in [7, 11) is 0. The lowest BCUT2D eigenvalue weighted by Crippen LogP contribution is -2.13. The van der Waals surface area contributed by atoms with Gasteiger partial charge in [-0.1, -0.05) is 406 Å². The molecule has 0 aromatic heterocycles. The molecule has 20 rings (SSSR count). The van der Waals surface area contributed by atoms with E-state index in [0.29, 0.717) is 0 Å². The third-order valence-electron chi connectivity index (χ3n) is 22.7. The van der Waals surface area contributed by atoms with Gasteiger partial charge in [0.1, 0.15) is 0 Å². The Balaban J connectivity index is 0.678. The third kappa shape index (κ3) is 12.9. The molecule has 0 aliphatic rings. The van der Waals surface area contributed by atoms with Gasteiger partial charge in [-0.15, -0.1) is 0 Å². The van der Waals surface area contributed by atoms with Crippen LogP contribution in [-0.2, 0) is 0 Å². The summed E-state index contributed by atoms with van der Waals surface area (Å²) in [6.45, 7) is 0. The van der Waals surface area contributed by atoms with E-state index in [0.717, 1.165) is 117 Å². The molecule has 0 saturated heterocycles. The Kier molecular flexibility index (Phi) is 18.1. The molecule has 0 saturated carbocycles. The average Bonchev–Trinajstić information content (AvgIpc) is 0.731. The van der Waals surface area contributed by atoms with E-state index in [1.165, 1.54) is 82.2 Å². The maximum atomic E-state index is 2.52. The molecule has 0 fully saturated rings. The van der Waals surface area contributed by atoms with Crippen molar-refractivity contribution in [2.75, 3.05) is 9.80 Å². The number of hydrogen-bond acceptors (Lipinski definition) is 2. The largest absolute Gasteiger partial charge is 0.309 e. The smallest absolute Gasteiger partial charge is 0.0624 e. The van der Waals surface area contributed by atoms with Crippen LogP contribution >= 0.6 is 0 Å². The first-order valence-electron chi connectivity index (χ1n) is 39.3. The predicted molar refractivity (Wildman–Crippen MR) is 486 cm³/mol. The molecule has 0 aliphatic carbocycles. The summed E-state index contributed by atoms with van der Waals surface area (Å²) in [5, 5.41) is 9.53. The van der Waals surface area contributed by atoms with Crippen molar-refractivity contribution in [1.82, 2.24) is 0 Å². The van der Waals surface area contributed by atoms with Crippen molar-refractivity contribution in [2.24, 2.45) is 0 Å². The van der Waals surface area contributed by atoms with Crippen LogP contribution < -0.4 is 9.80 Å². The average molecular weight is 1450 g/mol. The molecule has 114 heavy (non-hydrogen) atoms. The highest BCUT2D eigenvalue weighted by molar-refractivity contribution is 6.24. The Morgan fingerprint density at radius 3 is 0.781 bits per heavy atom. The van der Waals surface area contributed by atoms with Gasteiger partial charge in [0.15, 0.2) is 0 Å². The van der Waals surface area contributed by atoms with Crippen LogP contribution in [0.5, 0.6) is 0 Å². The first-order valence-corrected chi connectivity index (χ1v) is 39.3. The standard InChI is InChI=1S/C112H76N2/c1-6-29-77(30-7-1)79-59-63-87(64-60-79)109-104-51-22-18-47-100(104)102-49-20-24-53-106(102)111(109)113(93-69-67-86(68-70-93)98-46-17-16-45-97(98)83-33-10-3-11-34-83)94-43-28-42-92(75-94)90-40-26-39-89(73-90)82-57-55-80(56-58-82)81-61-65-88(66-62-81)110-105-52-23-19-48-101(105)103-50-21-25-54-107(103)112(110)114(95-44-27-41-91(74-95)78-31-8-2-9-32-78)96-71-72-99(84-35-12-4-13-36-84)108(76-96)85-37-14-5-15-38-85/h1-76H. The SMILES string of the molecule is c1ccc(-c2ccc(-c3c(N(c4ccc(-c5ccccc5-c5ccccc5)cc4)c4cccc(-c5cccc(-c6ccc(-c7ccc(-c8c(N(c9cccc(-c%10ccccc%10)c9)c9ccc(-c%10ccccc%10)c(-c%10ccccc%10)c9)c9ccccc9c9ccccc89)cc7)cc6)c5)c4)c4ccccc4c4ccccc34)cc2)cc1. The minimum Gasteiger partial charge on any atom is -0.309 e. The van der Waals surface area contributed by atoms with Gasteiger partial charge in [0, 0.05) is 44.6 Å². The lowest BCUT2D eigenvalue weighted by Gasteiger charge is -2.31. The van der Waals surface area contributed by atoms with Crippen LogP contribution in [0, 0.1) is 0 Å². The molecule has 0 aliphatic heterocycles. The summed E-state index contributed by atoms with van der Waals surface area (Å²) in [6, 6.07) is 169. The van der Waals surface area contributed by atoms with Crippen LogP contribution in [0.4, 0.5) is 34.1 Å². The Bertz CT molecular complexity index is 6900. The van der Waals surface area contributed by atoms with Crippen molar-refractivity contribution in [3.8, 4) is 122 Å². The molecule has 0 amide bonds. The van der Waals surface area contributed by atoms with E-state index in [1.54, 1.807) is 0 Å². The van der Waals surface area contributed by atoms with Crippen molar-refractivity contribution in [3.63, 3.8) is 0 Å². The fraction of sp³-hybridized carbons (Fsp3) is 0. The highest BCUT2D eigenvalue weighted by atomic mass is 15.2. The van der Waals surface area contributed by atoms with E-state index in [9.17, 15) is 0 Å². The van der Waals surface area contributed by atoms with Crippen LogP contribution in [0.1, 0.15) is 0 Å². The molecule has 20 aromatic carbocycles. The minimum absolute atomic E-state index is 1.05. The monoisotopic (exact) mass is 1450 g/mol. The third-order valence-corrected chi connectivity index (χ3v) is 22.7. The summed E-state index contributed by atoms with van der Waals surface area (Å²) < 4.78 is 0. The zero-order valence-corrected chi connectivity index (χ0v) is 62.8. The molecule has 534 valence electrons. The highest BCUT2D eigenvalue weighted by Gasteiger charge is 2.28. The topological polar surface area (TPSA) is 6.48 Å². The number of rotatable bonds is 17. The van der Waals surface area contributed by atoms with Crippen LogP contribution in [0.3, 0.4) is 0 Å². The zero-order valence-electron chi connectivity index (χ0n) is 62.8. The highest BCUT2D eigenvalue weighted by Crippen LogP contribution is 2.54. The van der Waals surface area contributed by atoms with E-state index >= 15 is 0 Å². The second kappa shape index (κ2) is 30.1. The summed E-state index contributed by atoms with van der Waals surface area (Å²) in [4.78, 5) is 5.03. The molecule has 0 radical (unpaired) electrons. The molecule has 20 aromatic rings. The van der Waals surface area contributed by atoms with Gasteiger partial charge in [0.2, 0.25) is 0 Å². The lowest BCUT2D eigenvalue weighted by atomic mass is 9.88. The zero-order chi connectivity index (χ0) is 75.7. The molecule has 2 heteroatoms. The maximum Gasteiger partial charge on any atom is 0.0624 e. The number of fused-ring (bicyclic) bond motifs is 6. The van der Waals surface area contributed by atoms with Crippen LogP contribution in [0.2, 0.25) is 0 Å². The van der Waals surface area contributed by atoms with Crippen molar-refractivity contribution in [3.05, 3.63) is 461 Å². The normalized spacial score (nSPS) is 11.3. The van der Waals surface area contributed by atoms with Gasteiger partial charge in [-0.25, -0.2) is 0 Å². The molecule has 2 nitrogen and oxygen atoms in total. The van der Waals surface area contributed by atoms with Crippen LogP contribution in [0.15, 0.2) is 461 Å². The fourth-order valence-electron chi connectivity index (χ4n) is 17.2. The molecule has 0 heterocycles. The summed E-state index contributed by atoms with van der Waals surface area (Å²) in [5.74, 6) is 0. The predicted octanol–water partition coefficient (Wildman–Crippen LogP) is 31.6. The summed E-state index contributed by atoms with van der Waals surface area (Å²) in [5.41, 5.74) is 32.0. The number of hydrogen-bond donors (Lipinski definition) is 0. The van der Waals surface area contributed by atoms with Gasteiger partial charge < -0.3 is 9.80 Å². The Morgan fingerprint density at radius 1 is 0.114 bits per heavy atom. The maximum absolute atomic E-state index is 2.52. The second-order valence-electron chi connectivity index (χ2n) is 29.4. The molecule has 0 bridgehead atoms. The number of anilines is 6. The minimum atomic E-state index is 1.05. The van der Waals surface area contributed by atoms with Crippen molar-refractivity contribution in [2.45, 2.75) is 0 Å². The van der Waals surface area contributed by atoms with E-state index in [4.69, 9.17) is 0 Å². The van der Waals surface area contributed by atoms with Crippen molar-refractivity contribution in [1.29, 1.82) is 0 Å². The molecule has 0 atom stereocenters. The van der Waals surface area contributed by atoms with E-state index in [-0.39, 0.29) is 0 Å². The summed E-state index contributed by atoms with van der Waals surface area (Å²) >= 11 is 0. The van der Waals surface area contributed by atoms with Gasteiger partial charge in [0.25, 0.3) is 0 Å². The molecular weight excluding hydrogens is 1370 g/mol. The van der Waals surface area contributed by atoms with Crippen molar-refractivity contribution >= 4 is 77.2 Å². The first kappa shape index (κ1) is 68.3. The molecule has 0 spiro atoms. The fourth-order valence-corrected chi connectivity index (χ4v) is 17.2. The van der Waals surface area contributed by atoms with E-state index in [1.807, 2.05) is 0 Å². The first-order chi connectivity index (χ1) is 56.6. The van der Waals surface area contributed by atoms with Gasteiger partial charge in [0.05, 0.1) is 11.4 Å². The number of nitrogens with zero attached hydrogens (tertiary/aromatic N) is 2. The van der Waals surface area contributed by atoms with Gasteiger partial charge in [-0.3, -0.25) is 0 Å². The Labute approximate surface area is 666 Å². The summed E-state index contributed by atoms with van der Waals surface area (Å²) in [6.07, 6.45) is 0. The van der Waals surface area contributed by atoms with E-state index in [2.05, 4.69) is 471 Å². The Morgan fingerprint density at radius 2 is 0.351 bits per heavy atom. The van der Waals surface area contributed by atoms with Crippen LogP contribution in [-0.4, -0.2) is 0 Å². The van der Waals surface area contributed by atoms with E-state index < -0.39 is 0 Å². The van der Waals surface area contributed by atoms with Gasteiger partial charge in [-0.2, -0.15) is 0 Å². The second-order valence-corrected chi connectivity index (χ2v) is 29.4. The van der Waals surface area contributed by atoms with Crippen LogP contribution in [0.25, 0.3) is 165 Å². The van der Waals surface area contributed by atoms with Crippen molar-refractivity contribution < 1.29 is 0 Å².